The third kappa shape index (κ3) is 3.85. The minimum Gasteiger partial charge on any atom is -0.326 e. The molecule has 24 heavy (non-hydrogen) atoms. The molecule has 0 unspecified atom stereocenters. The highest BCUT2D eigenvalue weighted by Crippen LogP contribution is 2.36. The normalized spacial score (nSPS) is 11.2. The molecule has 0 radical (unpaired) electrons. The first-order valence-corrected chi connectivity index (χ1v) is 6.96. The summed E-state index contributed by atoms with van der Waals surface area (Å²) in [5.74, 6) is -1.13. The summed E-state index contributed by atoms with van der Waals surface area (Å²) in [5.41, 5.74) is -0.909. The van der Waals surface area contributed by atoms with Crippen LogP contribution in [-0.2, 0) is 18.0 Å². The molecule has 1 aromatic heterocycles. The number of carbonyl (C=O) groups is 2. The van der Waals surface area contributed by atoms with Gasteiger partial charge >= 0.3 is 6.18 Å². The van der Waals surface area contributed by atoms with Crippen molar-refractivity contribution in [3.63, 3.8) is 0 Å². The van der Waals surface area contributed by atoms with Gasteiger partial charge in [-0.05, 0) is 24.3 Å². The van der Waals surface area contributed by atoms with Crippen LogP contribution in [-0.4, -0.2) is 21.6 Å². The largest absolute Gasteiger partial charge is 0.434 e. The Morgan fingerprint density at radius 3 is 2.04 bits per heavy atom. The fourth-order valence-corrected chi connectivity index (χ4v) is 2.33. The van der Waals surface area contributed by atoms with Gasteiger partial charge in [0, 0.05) is 25.3 Å². The second kappa shape index (κ2) is 6.52. The van der Waals surface area contributed by atoms with Gasteiger partial charge in [0.1, 0.15) is 5.02 Å². The number of benzene rings is 1. The van der Waals surface area contributed by atoms with Crippen molar-refractivity contribution in [3.05, 3.63) is 40.7 Å². The topological polar surface area (TPSA) is 76.0 Å². The Balaban J connectivity index is 2.20. The number of nitrogens with zero attached hydrogens (tertiary/aromatic N) is 2. The highest BCUT2D eigenvalue weighted by Gasteiger charge is 2.39. The average Bonchev–Trinajstić information content (AvgIpc) is 2.75. The van der Waals surface area contributed by atoms with E-state index in [4.69, 9.17) is 11.6 Å². The molecule has 0 saturated heterocycles. The molecular weight excluding hydrogens is 349 g/mol. The van der Waals surface area contributed by atoms with Crippen LogP contribution in [0.3, 0.4) is 0 Å². The van der Waals surface area contributed by atoms with E-state index < -0.39 is 28.5 Å². The van der Waals surface area contributed by atoms with Crippen molar-refractivity contribution in [2.45, 2.75) is 13.1 Å². The number of nitrogens with one attached hydrogen (secondary N) is 2. The first-order chi connectivity index (χ1) is 11.1. The summed E-state index contributed by atoms with van der Waals surface area (Å²) in [6, 6.07) is 6.01. The Morgan fingerprint density at radius 2 is 1.62 bits per heavy atom. The zero-order chi connectivity index (χ0) is 18.1. The van der Waals surface area contributed by atoms with Crippen LogP contribution < -0.4 is 10.6 Å². The van der Waals surface area contributed by atoms with E-state index in [1.54, 1.807) is 0 Å². The van der Waals surface area contributed by atoms with Gasteiger partial charge in [-0.3, -0.25) is 14.3 Å². The quantitative estimate of drug-likeness (QED) is 0.881. The second-order valence-electron chi connectivity index (χ2n) is 4.85. The molecule has 0 aliphatic heterocycles. The minimum atomic E-state index is -4.72. The molecule has 0 aliphatic carbocycles. The number of anilines is 2. The van der Waals surface area contributed by atoms with Crippen molar-refractivity contribution in [2.75, 3.05) is 10.6 Å². The molecule has 10 heteroatoms. The molecule has 2 aromatic rings. The van der Waals surface area contributed by atoms with E-state index in [1.807, 2.05) is 0 Å². The third-order valence-electron chi connectivity index (χ3n) is 2.94. The van der Waals surface area contributed by atoms with Gasteiger partial charge in [0.2, 0.25) is 5.91 Å². The number of hydrogen-bond donors (Lipinski definition) is 2. The van der Waals surface area contributed by atoms with Crippen molar-refractivity contribution in [1.29, 1.82) is 0 Å². The zero-order valence-electron chi connectivity index (χ0n) is 12.5. The Labute approximate surface area is 139 Å². The zero-order valence-corrected chi connectivity index (χ0v) is 13.3. The summed E-state index contributed by atoms with van der Waals surface area (Å²) in [5, 5.41) is 7.69. The molecule has 2 rings (SSSR count). The van der Waals surface area contributed by atoms with Crippen LogP contribution in [0, 0.1) is 0 Å². The maximum Gasteiger partial charge on any atom is 0.434 e. The predicted molar refractivity (Wildman–Crippen MR) is 81.9 cm³/mol. The third-order valence-corrected chi connectivity index (χ3v) is 3.29. The molecule has 0 atom stereocenters. The van der Waals surface area contributed by atoms with Crippen molar-refractivity contribution in [2.24, 2.45) is 7.05 Å². The molecule has 0 spiro atoms. The Hall–Kier alpha value is -2.55. The highest BCUT2D eigenvalue weighted by atomic mass is 35.5. The monoisotopic (exact) mass is 360 g/mol. The maximum atomic E-state index is 12.9. The number of aromatic nitrogens is 2. The maximum absolute atomic E-state index is 12.9. The number of carbonyl (C=O) groups excluding carboxylic acids is 2. The lowest BCUT2D eigenvalue weighted by Gasteiger charge is -2.07. The molecule has 1 aromatic carbocycles. The van der Waals surface area contributed by atoms with E-state index in [0.717, 1.165) is 7.05 Å². The van der Waals surface area contributed by atoms with E-state index in [0.29, 0.717) is 16.1 Å². The molecule has 128 valence electrons. The first-order valence-electron chi connectivity index (χ1n) is 6.58. The molecule has 0 aliphatic rings. The summed E-state index contributed by atoms with van der Waals surface area (Å²) in [7, 11) is 1.05. The fourth-order valence-electron chi connectivity index (χ4n) is 1.98. The minimum absolute atomic E-state index is 0.258. The predicted octanol–water partition coefficient (Wildman–Crippen LogP) is 3.30. The van der Waals surface area contributed by atoms with Crippen LogP contribution in [0.25, 0.3) is 0 Å². The number of aryl methyl sites for hydroxylation is 1. The summed E-state index contributed by atoms with van der Waals surface area (Å²) in [4.78, 5) is 23.0. The van der Waals surface area contributed by atoms with Gasteiger partial charge < -0.3 is 10.6 Å². The molecule has 1 heterocycles. The van der Waals surface area contributed by atoms with Crippen LogP contribution in [0.1, 0.15) is 23.1 Å². The highest BCUT2D eigenvalue weighted by molar-refractivity contribution is 6.34. The lowest BCUT2D eigenvalue weighted by Crippen LogP contribution is -2.13. The molecular formula is C14H12ClF3N4O2. The van der Waals surface area contributed by atoms with Gasteiger partial charge in [0.25, 0.3) is 5.91 Å². The lowest BCUT2D eigenvalue weighted by molar-refractivity contribution is -0.143. The van der Waals surface area contributed by atoms with E-state index in [-0.39, 0.29) is 5.91 Å². The van der Waals surface area contributed by atoms with Crippen molar-refractivity contribution in [3.8, 4) is 0 Å². The molecule has 0 fully saturated rings. The Bertz CT molecular complexity index is 785. The summed E-state index contributed by atoms with van der Waals surface area (Å²) >= 11 is 5.65. The SMILES string of the molecule is CC(=O)Nc1ccc(NC(=O)c2nn(C)c(C(F)(F)F)c2Cl)cc1. The smallest absolute Gasteiger partial charge is 0.326 e. The van der Waals surface area contributed by atoms with Crippen molar-refractivity contribution < 1.29 is 22.8 Å². The van der Waals surface area contributed by atoms with Gasteiger partial charge in [-0.25, -0.2) is 0 Å². The molecule has 0 saturated carbocycles. The van der Waals surface area contributed by atoms with Gasteiger partial charge in [-0.1, -0.05) is 11.6 Å². The van der Waals surface area contributed by atoms with Crippen LogP contribution in [0.5, 0.6) is 0 Å². The summed E-state index contributed by atoms with van der Waals surface area (Å²) in [6.07, 6.45) is -4.72. The number of alkyl halides is 3. The van der Waals surface area contributed by atoms with Crippen molar-refractivity contribution in [1.82, 2.24) is 9.78 Å². The molecule has 2 N–H and O–H groups in total. The number of rotatable bonds is 3. The molecule has 2 amide bonds. The van der Waals surface area contributed by atoms with Gasteiger partial charge in [0.15, 0.2) is 11.4 Å². The van der Waals surface area contributed by atoms with Gasteiger partial charge in [-0.2, -0.15) is 18.3 Å². The average molecular weight is 361 g/mol. The van der Waals surface area contributed by atoms with Crippen molar-refractivity contribution >= 4 is 34.8 Å². The molecule has 6 nitrogen and oxygen atoms in total. The summed E-state index contributed by atoms with van der Waals surface area (Å²) < 4.78 is 39.1. The van der Waals surface area contributed by atoms with Crippen LogP contribution in [0.2, 0.25) is 5.02 Å². The van der Waals surface area contributed by atoms with Crippen LogP contribution in [0.4, 0.5) is 24.5 Å². The Kier molecular flexibility index (Phi) is 4.83. The number of halogens is 4. The lowest BCUT2D eigenvalue weighted by atomic mass is 10.2. The first kappa shape index (κ1) is 17.8. The van der Waals surface area contributed by atoms with Gasteiger partial charge in [0.05, 0.1) is 0 Å². The number of hydrogen-bond acceptors (Lipinski definition) is 3. The molecule has 0 bridgehead atoms. The van der Waals surface area contributed by atoms with Crippen LogP contribution in [0.15, 0.2) is 24.3 Å². The van der Waals surface area contributed by atoms with Crippen LogP contribution >= 0.6 is 11.6 Å². The number of amides is 2. The van der Waals surface area contributed by atoms with E-state index in [9.17, 15) is 22.8 Å². The second-order valence-corrected chi connectivity index (χ2v) is 5.22. The van der Waals surface area contributed by atoms with Gasteiger partial charge in [-0.15, -0.1) is 0 Å². The van der Waals surface area contributed by atoms with E-state index in [2.05, 4.69) is 15.7 Å². The standard InChI is InChI=1S/C14H12ClF3N4O2/c1-7(23)19-8-3-5-9(6-4-8)20-13(24)11-10(15)12(14(16,17)18)22(2)21-11/h3-6H,1-2H3,(H,19,23)(H,20,24). The van der Waals surface area contributed by atoms with E-state index >= 15 is 0 Å². The Morgan fingerprint density at radius 1 is 1.12 bits per heavy atom. The van der Waals surface area contributed by atoms with E-state index in [1.165, 1.54) is 31.2 Å². The fraction of sp³-hybridized carbons (Fsp3) is 0.214. The summed E-state index contributed by atoms with van der Waals surface area (Å²) in [6.45, 7) is 1.34.